The van der Waals surface area contributed by atoms with Gasteiger partial charge in [0.25, 0.3) is 0 Å². The number of nitrogens with zero attached hydrogens (tertiary/aromatic N) is 5. The molecule has 0 atom stereocenters. The number of benzene rings is 1. The molecule has 4 rings (SSSR count). The molecular weight excluding hydrogens is 345 g/mol. The number of fused-ring (bicyclic) bond motifs is 1. The monoisotopic (exact) mass is 359 g/mol. The number of aromatic nitrogens is 2. The van der Waals surface area contributed by atoms with Gasteiger partial charge in [0, 0.05) is 35.6 Å². The largest absolute Gasteiger partial charge is 0.295 e. The Balaban J connectivity index is 1.72. The highest BCUT2D eigenvalue weighted by atomic mass is 35.5. The van der Waals surface area contributed by atoms with E-state index in [0.29, 0.717) is 16.3 Å². The van der Waals surface area contributed by atoms with E-state index in [-0.39, 0.29) is 12.4 Å². The van der Waals surface area contributed by atoms with Gasteiger partial charge >= 0.3 is 0 Å². The molecule has 0 saturated carbocycles. The summed E-state index contributed by atoms with van der Waals surface area (Å²) in [6, 6.07) is 4.63. The van der Waals surface area contributed by atoms with E-state index in [1.165, 1.54) is 17.4 Å². The van der Waals surface area contributed by atoms with E-state index >= 15 is 0 Å². The Labute approximate surface area is 148 Å². The van der Waals surface area contributed by atoms with Crippen molar-refractivity contribution >= 4 is 23.6 Å². The summed E-state index contributed by atoms with van der Waals surface area (Å²) in [6.45, 7) is 0.216. The average molecular weight is 360 g/mol. The van der Waals surface area contributed by atoms with E-state index < -0.39 is 0 Å². The molecule has 25 heavy (non-hydrogen) atoms. The van der Waals surface area contributed by atoms with Crippen LogP contribution >= 0.6 is 11.6 Å². The Morgan fingerprint density at radius 3 is 2.92 bits per heavy atom. The first kappa shape index (κ1) is 15.7. The summed E-state index contributed by atoms with van der Waals surface area (Å²) in [5.74, 6) is 5.44. The maximum Gasteiger partial charge on any atom is 0.129 e. The first-order chi connectivity index (χ1) is 12.0. The van der Waals surface area contributed by atoms with Gasteiger partial charge in [0.2, 0.25) is 0 Å². The van der Waals surface area contributed by atoms with E-state index in [9.17, 15) is 4.39 Å². The molecule has 0 radical (unpaired) electrons. The normalized spacial score (nSPS) is 16.2. The van der Waals surface area contributed by atoms with Gasteiger partial charge in [-0.3, -0.25) is 20.1 Å². The molecular formula is C16H15ClFN7. The van der Waals surface area contributed by atoms with Crippen LogP contribution in [0.4, 0.5) is 4.39 Å². The fraction of sp³-hybridized carbons (Fsp3) is 0.125. The highest BCUT2D eigenvalue weighted by Gasteiger charge is 2.31. The van der Waals surface area contributed by atoms with Crippen molar-refractivity contribution in [3.8, 4) is 0 Å². The highest BCUT2D eigenvalue weighted by Crippen LogP contribution is 2.34. The van der Waals surface area contributed by atoms with Gasteiger partial charge in [-0.05, 0) is 12.1 Å². The Hall–Kier alpha value is -2.84. The summed E-state index contributed by atoms with van der Waals surface area (Å²) in [4.78, 5) is 4.40. The number of hydrogen-bond acceptors (Lipinski definition) is 6. The molecule has 2 aromatic rings. The van der Waals surface area contributed by atoms with E-state index in [4.69, 9.17) is 17.4 Å². The lowest BCUT2D eigenvalue weighted by molar-refractivity contribution is 0.298. The lowest BCUT2D eigenvalue weighted by Crippen LogP contribution is -2.34. The van der Waals surface area contributed by atoms with Crippen LogP contribution in [0.5, 0.6) is 0 Å². The van der Waals surface area contributed by atoms with E-state index in [1.807, 2.05) is 13.2 Å². The topological polar surface area (TPSA) is 74.7 Å². The second-order valence-electron chi connectivity index (χ2n) is 5.73. The number of hydrogen-bond donors (Lipinski definition) is 2. The van der Waals surface area contributed by atoms with Crippen LogP contribution in [0.3, 0.4) is 0 Å². The number of rotatable bonds is 3. The maximum atomic E-state index is 14.2. The summed E-state index contributed by atoms with van der Waals surface area (Å²) >= 11 is 6.16. The Kier molecular flexibility index (Phi) is 3.70. The molecule has 7 nitrogen and oxygen atoms in total. The molecule has 3 N–H and O–H groups in total. The molecule has 2 aliphatic heterocycles. The summed E-state index contributed by atoms with van der Waals surface area (Å²) < 4.78 is 15.9. The van der Waals surface area contributed by atoms with Crippen LogP contribution in [0.2, 0.25) is 5.02 Å². The van der Waals surface area contributed by atoms with Crippen LogP contribution in [0.1, 0.15) is 11.1 Å². The molecule has 0 amide bonds. The van der Waals surface area contributed by atoms with Crippen molar-refractivity contribution in [3.63, 3.8) is 0 Å². The molecule has 0 fully saturated rings. The summed E-state index contributed by atoms with van der Waals surface area (Å²) in [7, 11) is 1.84. The molecule has 9 heteroatoms. The zero-order valence-corrected chi connectivity index (χ0v) is 14.1. The van der Waals surface area contributed by atoms with Gasteiger partial charge in [0.1, 0.15) is 23.5 Å². The van der Waals surface area contributed by atoms with Gasteiger partial charge in [-0.15, -0.1) is 0 Å². The van der Waals surface area contributed by atoms with Crippen LogP contribution in [-0.2, 0) is 13.6 Å². The minimum Gasteiger partial charge on any atom is -0.295 e. The zero-order valence-electron chi connectivity index (χ0n) is 13.3. The van der Waals surface area contributed by atoms with E-state index in [1.54, 1.807) is 34.2 Å². The first-order valence-electron chi connectivity index (χ1n) is 7.53. The smallest absolute Gasteiger partial charge is 0.129 e. The second kappa shape index (κ2) is 5.91. The summed E-state index contributed by atoms with van der Waals surface area (Å²) in [5.41, 5.74) is 6.73. The minimum atomic E-state index is -0.366. The molecule has 0 unspecified atom stereocenters. The second-order valence-corrected chi connectivity index (χ2v) is 6.14. The van der Waals surface area contributed by atoms with Crippen LogP contribution in [0, 0.1) is 5.82 Å². The van der Waals surface area contributed by atoms with Crippen molar-refractivity contribution in [1.29, 1.82) is 0 Å². The number of halogens is 2. The maximum absolute atomic E-state index is 14.2. The third-order valence-corrected chi connectivity index (χ3v) is 4.33. The van der Waals surface area contributed by atoms with Crippen molar-refractivity contribution < 1.29 is 4.39 Å². The number of aryl methyl sites for hydroxylation is 1. The Bertz CT molecular complexity index is 910. The predicted molar refractivity (Wildman–Crippen MR) is 92.8 cm³/mol. The Morgan fingerprint density at radius 1 is 1.36 bits per heavy atom. The number of nitrogens with two attached hydrogens (primary N) is 1. The molecule has 0 bridgehead atoms. The van der Waals surface area contributed by atoms with Gasteiger partial charge in [-0.1, -0.05) is 17.7 Å². The summed E-state index contributed by atoms with van der Waals surface area (Å²) in [5, 5.41) is 7.66. The standard InChI is InChI=1S/C16H15ClFN7/c1-23-6-10(5-21-23)15-16-14(8-24(19)9-20-16)25(22-15)7-11-12(17)3-2-4-13(11)18/h2-6,8-9,22H,7,19H2,1H3. The lowest BCUT2D eigenvalue weighted by Gasteiger charge is -2.24. The minimum absolute atomic E-state index is 0.216. The molecule has 3 heterocycles. The molecule has 128 valence electrons. The number of nitrogens with one attached hydrogen (secondary N) is 1. The van der Waals surface area contributed by atoms with Gasteiger partial charge in [0.05, 0.1) is 18.4 Å². The summed E-state index contributed by atoms with van der Waals surface area (Å²) in [6.07, 6.45) is 6.83. The average Bonchev–Trinajstić information content (AvgIpc) is 3.15. The molecule has 0 spiro atoms. The van der Waals surface area contributed by atoms with Gasteiger partial charge in [-0.2, -0.15) is 5.10 Å². The highest BCUT2D eigenvalue weighted by molar-refractivity contribution is 6.31. The molecule has 0 saturated heterocycles. The quantitative estimate of drug-likeness (QED) is 0.819. The zero-order chi connectivity index (χ0) is 17.6. The van der Waals surface area contributed by atoms with Crippen molar-refractivity contribution in [3.05, 3.63) is 70.2 Å². The number of hydrazine groups is 2. The van der Waals surface area contributed by atoms with Gasteiger partial charge < -0.3 is 0 Å². The predicted octanol–water partition coefficient (Wildman–Crippen LogP) is 1.96. The van der Waals surface area contributed by atoms with Crippen LogP contribution in [0.25, 0.3) is 5.70 Å². The molecule has 1 aromatic carbocycles. The molecule has 1 aromatic heterocycles. The third-order valence-electron chi connectivity index (χ3n) is 3.98. The first-order valence-corrected chi connectivity index (χ1v) is 7.90. The Morgan fingerprint density at radius 2 is 2.20 bits per heavy atom. The fourth-order valence-corrected chi connectivity index (χ4v) is 3.01. The van der Waals surface area contributed by atoms with Gasteiger partial charge in [0.15, 0.2) is 0 Å². The van der Waals surface area contributed by atoms with Crippen molar-refractivity contribution in [2.75, 3.05) is 0 Å². The molecule has 0 aliphatic carbocycles. The van der Waals surface area contributed by atoms with Crippen LogP contribution in [-0.4, -0.2) is 26.1 Å². The van der Waals surface area contributed by atoms with E-state index in [2.05, 4.69) is 15.5 Å². The van der Waals surface area contributed by atoms with Crippen LogP contribution < -0.4 is 11.3 Å². The van der Waals surface area contributed by atoms with Crippen molar-refractivity contribution in [1.82, 2.24) is 25.2 Å². The van der Waals surface area contributed by atoms with E-state index in [0.717, 1.165) is 17.0 Å². The number of aliphatic imine (C=N–C) groups is 1. The lowest BCUT2D eigenvalue weighted by atomic mass is 10.2. The van der Waals surface area contributed by atoms with Crippen molar-refractivity contribution in [2.45, 2.75) is 6.54 Å². The van der Waals surface area contributed by atoms with Crippen LogP contribution in [0.15, 0.2) is 53.2 Å². The third kappa shape index (κ3) is 2.75. The SMILES string of the molecule is Cn1cc(C2=C3N=CN(N)C=C3N(Cc3c(F)cccc3Cl)N2)cn1. The fourth-order valence-electron chi connectivity index (χ4n) is 2.78. The van der Waals surface area contributed by atoms with Crippen molar-refractivity contribution in [2.24, 2.45) is 17.9 Å². The molecule has 2 aliphatic rings. The van der Waals surface area contributed by atoms with Gasteiger partial charge in [-0.25, -0.2) is 15.2 Å².